The highest BCUT2D eigenvalue weighted by Gasteiger charge is 2.55. The second-order valence-electron chi connectivity index (χ2n) is 20.1. The van der Waals surface area contributed by atoms with Crippen LogP contribution in [0.1, 0.15) is 87.0 Å². The first-order valence-electron chi connectivity index (χ1n) is 24.2. The Labute approximate surface area is 441 Å². The van der Waals surface area contributed by atoms with Gasteiger partial charge in [0.1, 0.15) is 16.8 Å². The van der Waals surface area contributed by atoms with E-state index in [4.69, 9.17) is 30.4 Å². The molecule has 11 rings (SSSR count). The summed E-state index contributed by atoms with van der Waals surface area (Å²) >= 11 is 5.97. The Balaban J connectivity index is 0.000000146. The monoisotopic (exact) mass is 1070 g/mol. The molecule has 2 N–H and O–H groups in total. The molecule has 0 bridgehead atoms. The van der Waals surface area contributed by atoms with Crippen LogP contribution in [-0.2, 0) is 29.7 Å². The van der Waals surface area contributed by atoms with Crippen LogP contribution in [0.15, 0.2) is 84.9 Å². The van der Waals surface area contributed by atoms with Crippen LogP contribution in [0.3, 0.4) is 0 Å². The molecule has 6 aromatic rings. The lowest BCUT2D eigenvalue weighted by Gasteiger charge is -2.32. The van der Waals surface area contributed by atoms with Gasteiger partial charge in [-0.1, -0.05) is 35.9 Å². The van der Waals surface area contributed by atoms with Gasteiger partial charge in [-0.2, -0.15) is 0 Å². The number of halogens is 5. The van der Waals surface area contributed by atoms with E-state index in [1.54, 1.807) is 50.6 Å². The summed E-state index contributed by atoms with van der Waals surface area (Å²) in [5.41, 5.74) is 4.81. The number of hydrogen-bond acceptors (Lipinski definition) is 14. The number of nitrogens with one attached hydrogen (secondary N) is 2. The maximum Gasteiger partial charge on any atom is 0.586 e. The van der Waals surface area contributed by atoms with Crippen molar-refractivity contribution < 1.29 is 64.9 Å². The van der Waals surface area contributed by atoms with Gasteiger partial charge in [0.25, 0.3) is 0 Å². The molecule has 16 nitrogen and oxygen atoms in total. The Morgan fingerprint density at radius 1 is 0.566 bits per heavy atom. The molecule has 3 fully saturated rings. The lowest BCUT2D eigenvalue weighted by molar-refractivity contribution is -0.287. The summed E-state index contributed by atoms with van der Waals surface area (Å²) in [5.74, 6) is 1.05. The molecule has 1 saturated heterocycles. The number of benzene rings is 2. The molecular formula is C54H54BClF4N6O10. The largest absolute Gasteiger partial charge is 0.586 e. The molecule has 7 heterocycles. The molecule has 4 aromatic heterocycles. The van der Waals surface area contributed by atoms with E-state index >= 15 is 0 Å². The molecule has 2 amide bonds. The van der Waals surface area contributed by atoms with E-state index in [0.29, 0.717) is 71.1 Å². The van der Waals surface area contributed by atoms with Gasteiger partial charge >= 0.3 is 19.7 Å². The van der Waals surface area contributed by atoms with Crippen molar-refractivity contribution in [2.45, 2.75) is 116 Å². The van der Waals surface area contributed by atoms with E-state index < -0.39 is 23.4 Å². The zero-order valence-corrected chi connectivity index (χ0v) is 44.0. The van der Waals surface area contributed by atoms with Crippen LogP contribution in [0.4, 0.5) is 29.2 Å². The topological polar surface area (TPSA) is 184 Å². The summed E-state index contributed by atoms with van der Waals surface area (Å²) in [6.07, 6.45) is -4.98. The summed E-state index contributed by atoms with van der Waals surface area (Å²) in [7, 11) is 2.79. The van der Waals surface area contributed by atoms with Crippen molar-refractivity contribution in [2.75, 3.05) is 24.9 Å². The average Bonchev–Trinajstić information content (AvgIpc) is 4.32. The smallest absolute Gasteiger partial charge is 0.481 e. The third kappa shape index (κ3) is 11.0. The number of alkyl halides is 4. The summed E-state index contributed by atoms with van der Waals surface area (Å²) in [4.78, 5) is 43.2. The standard InChI is InChI=1S/C24H21F2N3O4.C17H13ClF2N2O3.C13H20BNO3/c1-13-4-7-19(28-21(13)15-10-14(2)27-20(11-15)31-3)29-22(30)23(8-9-23)16-5-6-17-18(12-16)33-24(25,26)32-17;1-9-2-5-13(21-14(9)18)22-15(23)16(6-7-16)10-3-4-11-12(8-10)25-17(19,20)24-11;1-9-7-10(8-11(15-9)16-6)14-17-12(2,3)13(4,5)18-14/h4-7,10-12H,8-9H2,1-3H3,(H,28,29,30);2-5,8H,6-7H2,1H3,(H,21,22,23);7-8H,1-6H3. The van der Waals surface area contributed by atoms with Crippen molar-refractivity contribution >= 4 is 47.6 Å². The number of pyridine rings is 4. The van der Waals surface area contributed by atoms with Gasteiger partial charge in [-0.25, -0.2) is 19.9 Å². The van der Waals surface area contributed by atoms with Crippen LogP contribution in [-0.4, -0.2) is 76.9 Å². The summed E-state index contributed by atoms with van der Waals surface area (Å²) < 4.78 is 93.3. The third-order valence-corrected chi connectivity index (χ3v) is 14.4. The number of fused-ring (bicyclic) bond motifs is 2. The minimum atomic E-state index is -3.70. The molecule has 5 aliphatic rings. The highest BCUT2D eigenvalue weighted by Crippen LogP contribution is 2.54. The first-order valence-corrected chi connectivity index (χ1v) is 24.6. The predicted octanol–water partition coefficient (Wildman–Crippen LogP) is 10.5. The lowest BCUT2D eigenvalue weighted by Crippen LogP contribution is -2.41. The van der Waals surface area contributed by atoms with Crippen molar-refractivity contribution in [3.63, 3.8) is 0 Å². The number of amides is 2. The molecule has 0 radical (unpaired) electrons. The van der Waals surface area contributed by atoms with E-state index in [0.717, 1.165) is 33.5 Å². The van der Waals surface area contributed by atoms with Gasteiger partial charge in [-0.15, -0.1) is 17.6 Å². The minimum absolute atomic E-state index is 0.0445. The number of aromatic nitrogens is 4. The van der Waals surface area contributed by atoms with Gasteiger partial charge in [-0.05, 0) is 157 Å². The fourth-order valence-electron chi connectivity index (χ4n) is 8.74. The molecule has 0 spiro atoms. The summed E-state index contributed by atoms with van der Waals surface area (Å²) in [6, 6.07) is 23.4. The van der Waals surface area contributed by atoms with Crippen molar-refractivity contribution in [1.29, 1.82) is 0 Å². The van der Waals surface area contributed by atoms with Crippen LogP contribution in [0.5, 0.6) is 34.8 Å². The number of methoxy groups -OCH3 is 2. The Kier molecular flexibility index (Phi) is 13.9. The summed E-state index contributed by atoms with van der Waals surface area (Å²) in [6.45, 7) is 15.7. The maximum atomic E-state index is 13.4. The van der Waals surface area contributed by atoms with Gasteiger partial charge < -0.3 is 48.4 Å². The Morgan fingerprint density at radius 3 is 1.49 bits per heavy atom. The Morgan fingerprint density at radius 2 is 1.01 bits per heavy atom. The zero-order chi connectivity index (χ0) is 54.8. The van der Waals surface area contributed by atoms with Crippen molar-refractivity contribution in [3.8, 4) is 46.0 Å². The summed E-state index contributed by atoms with van der Waals surface area (Å²) in [5, 5.41) is 5.94. The number of carbonyl (C=O) groups excluding carboxylic acids is 2. The molecule has 2 aliphatic carbocycles. The average molecular weight is 1070 g/mol. The number of nitrogens with zero attached hydrogens (tertiary/aromatic N) is 4. The van der Waals surface area contributed by atoms with Gasteiger partial charge in [0.05, 0.1) is 41.9 Å². The van der Waals surface area contributed by atoms with Crippen LogP contribution in [0, 0.1) is 27.7 Å². The van der Waals surface area contributed by atoms with Crippen molar-refractivity contribution in [3.05, 3.63) is 124 Å². The van der Waals surface area contributed by atoms with Crippen LogP contribution >= 0.6 is 11.6 Å². The first-order chi connectivity index (χ1) is 35.7. The fraction of sp³-hybridized carbons (Fsp3) is 0.370. The second-order valence-corrected chi connectivity index (χ2v) is 20.5. The molecule has 0 atom stereocenters. The number of rotatable bonds is 10. The quantitative estimate of drug-likeness (QED) is 0.0750. The maximum absolute atomic E-state index is 13.4. The molecule has 2 aromatic carbocycles. The zero-order valence-electron chi connectivity index (χ0n) is 43.2. The van der Waals surface area contributed by atoms with Crippen LogP contribution in [0.25, 0.3) is 11.3 Å². The molecular weight excluding hydrogens is 1010 g/mol. The number of anilines is 2. The fourth-order valence-corrected chi connectivity index (χ4v) is 8.89. The van der Waals surface area contributed by atoms with Crippen molar-refractivity contribution in [2.24, 2.45) is 0 Å². The van der Waals surface area contributed by atoms with Crippen LogP contribution < -0.4 is 44.5 Å². The van der Waals surface area contributed by atoms with E-state index in [9.17, 15) is 27.2 Å². The number of aryl methyl sites for hydroxylation is 4. The highest BCUT2D eigenvalue weighted by molar-refractivity contribution is 6.62. The SMILES string of the molecule is COc1cc(-c2nc(NC(=O)C3(c4ccc5c(c4)OC(F)(F)O5)CC3)ccc2C)cc(C)n1.COc1cc(B2OC(C)(C)C(C)(C)O2)cc(C)n1.Cc1ccc(NC(=O)C2(c3ccc4c(c3)OC(F)(F)O4)CC2)nc1Cl. The lowest BCUT2D eigenvalue weighted by atomic mass is 9.79. The Bertz CT molecular complexity index is 3250. The molecule has 398 valence electrons. The third-order valence-electron chi connectivity index (χ3n) is 14.0. The van der Waals surface area contributed by atoms with E-state index in [1.165, 1.54) is 24.3 Å². The first kappa shape index (κ1) is 53.6. The van der Waals surface area contributed by atoms with E-state index in [1.807, 2.05) is 79.7 Å². The molecule has 22 heteroatoms. The minimum Gasteiger partial charge on any atom is -0.481 e. The molecule has 0 unspecified atom stereocenters. The van der Waals surface area contributed by atoms with E-state index in [-0.39, 0.29) is 53.1 Å². The normalized spacial score (nSPS) is 18.5. The highest BCUT2D eigenvalue weighted by atomic mass is 35.5. The van der Waals surface area contributed by atoms with Gasteiger partial charge in [-0.3, -0.25) is 9.59 Å². The van der Waals surface area contributed by atoms with Crippen molar-refractivity contribution in [1.82, 2.24) is 19.9 Å². The van der Waals surface area contributed by atoms with Gasteiger partial charge in [0.2, 0.25) is 23.6 Å². The predicted molar refractivity (Wildman–Crippen MR) is 273 cm³/mol. The molecule has 76 heavy (non-hydrogen) atoms. The second kappa shape index (κ2) is 19.7. The van der Waals surface area contributed by atoms with E-state index in [2.05, 4.69) is 49.5 Å². The number of carbonyl (C=O) groups is 2. The molecule has 2 saturated carbocycles. The number of hydrogen-bond donors (Lipinski definition) is 2. The number of ether oxygens (including phenoxy) is 6. The van der Waals surface area contributed by atoms with Gasteiger partial charge in [0.15, 0.2) is 23.0 Å². The molecule has 3 aliphatic heterocycles. The Hall–Kier alpha value is -7.23. The van der Waals surface area contributed by atoms with Crippen LogP contribution in [0.2, 0.25) is 5.15 Å². The van der Waals surface area contributed by atoms with Gasteiger partial charge in [0, 0.05) is 29.1 Å².